The summed E-state index contributed by atoms with van der Waals surface area (Å²) in [5.41, 5.74) is 1.15. The fourth-order valence-corrected chi connectivity index (χ4v) is 5.43. The number of hydrogen-bond acceptors (Lipinski definition) is 6. The van der Waals surface area contributed by atoms with Crippen LogP contribution in [0.5, 0.6) is 0 Å². The van der Waals surface area contributed by atoms with Gasteiger partial charge in [0.2, 0.25) is 11.8 Å². The summed E-state index contributed by atoms with van der Waals surface area (Å²) in [6.45, 7) is 1.70. The van der Waals surface area contributed by atoms with Gasteiger partial charge < -0.3 is 0 Å². The molecule has 1 unspecified atom stereocenters. The normalized spacial score (nSPS) is 19.1. The van der Waals surface area contributed by atoms with E-state index in [0.717, 1.165) is 4.90 Å². The molecule has 8 nitrogen and oxygen atoms in total. The predicted molar refractivity (Wildman–Crippen MR) is 105 cm³/mol. The van der Waals surface area contributed by atoms with Crippen LogP contribution in [-0.2, 0) is 25.2 Å². The van der Waals surface area contributed by atoms with Gasteiger partial charge in [-0.1, -0.05) is 24.3 Å². The highest BCUT2D eigenvalue weighted by atomic mass is 32.2. The molecule has 4 rings (SSSR count). The number of amides is 4. The van der Waals surface area contributed by atoms with Crippen LogP contribution >= 0.6 is 0 Å². The van der Waals surface area contributed by atoms with Crippen molar-refractivity contribution in [3.05, 3.63) is 64.7 Å². The molecule has 1 fully saturated rings. The molecule has 154 valence electrons. The number of benzene rings is 2. The van der Waals surface area contributed by atoms with Crippen molar-refractivity contribution in [1.29, 1.82) is 0 Å². The highest BCUT2D eigenvalue weighted by Crippen LogP contribution is 2.29. The van der Waals surface area contributed by atoms with Crippen LogP contribution in [0.2, 0.25) is 0 Å². The number of aryl methyl sites for hydroxylation is 1. The molecule has 2 aliphatic heterocycles. The van der Waals surface area contributed by atoms with Crippen LogP contribution in [0.15, 0.2) is 47.4 Å². The van der Waals surface area contributed by atoms with Crippen molar-refractivity contribution >= 4 is 33.5 Å². The number of piperidine rings is 1. The number of hydrogen-bond donors (Lipinski definition) is 1. The Morgan fingerprint density at radius 3 is 2.40 bits per heavy atom. The Balaban J connectivity index is 1.63. The SMILES string of the molecule is Cc1ccccc1S(=O)(=O)Cc1ccc2c(c1)C(=O)N(C1CCC(=O)NC1=O)C2=O. The summed E-state index contributed by atoms with van der Waals surface area (Å²) in [7, 11) is -3.65. The highest BCUT2D eigenvalue weighted by Gasteiger charge is 2.44. The molecule has 0 aliphatic carbocycles. The first-order chi connectivity index (χ1) is 14.2. The Morgan fingerprint density at radius 2 is 1.70 bits per heavy atom. The molecule has 1 N–H and O–H groups in total. The highest BCUT2D eigenvalue weighted by molar-refractivity contribution is 7.90. The zero-order valence-corrected chi connectivity index (χ0v) is 16.9. The lowest BCUT2D eigenvalue weighted by molar-refractivity contribution is -0.136. The van der Waals surface area contributed by atoms with Gasteiger partial charge in [-0.3, -0.25) is 29.4 Å². The van der Waals surface area contributed by atoms with Crippen molar-refractivity contribution in [2.24, 2.45) is 0 Å². The Hall–Kier alpha value is -3.33. The molecule has 2 aromatic carbocycles. The summed E-state index contributed by atoms with van der Waals surface area (Å²) < 4.78 is 25.6. The number of sulfone groups is 1. The second-order valence-electron chi connectivity index (χ2n) is 7.35. The van der Waals surface area contributed by atoms with Gasteiger partial charge >= 0.3 is 0 Å². The molecule has 30 heavy (non-hydrogen) atoms. The first kappa shape index (κ1) is 20.0. The zero-order valence-electron chi connectivity index (χ0n) is 16.0. The van der Waals surface area contributed by atoms with Gasteiger partial charge in [-0.15, -0.1) is 0 Å². The summed E-state index contributed by atoms with van der Waals surface area (Å²) in [6, 6.07) is 9.84. The van der Waals surface area contributed by atoms with E-state index >= 15 is 0 Å². The maximum atomic E-state index is 12.9. The lowest BCUT2D eigenvalue weighted by Gasteiger charge is -2.27. The Kier molecular flexibility index (Phi) is 4.77. The Morgan fingerprint density at radius 1 is 1.00 bits per heavy atom. The van der Waals surface area contributed by atoms with Gasteiger partial charge in [0.1, 0.15) is 6.04 Å². The molecule has 2 aromatic rings. The number of nitrogens with one attached hydrogen (secondary N) is 1. The predicted octanol–water partition coefficient (Wildman–Crippen LogP) is 1.37. The molecule has 1 saturated heterocycles. The van der Waals surface area contributed by atoms with E-state index in [-0.39, 0.29) is 34.6 Å². The minimum Gasteiger partial charge on any atom is -0.295 e. The molecular formula is C21H18N2O6S. The van der Waals surface area contributed by atoms with Crippen LogP contribution in [-0.4, -0.2) is 43.0 Å². The first-order valence-corrected chi connectivity index (χ1v) is 11.0. The quantitative estimate of drug-likeness (QED) is 0.738. The van der Waals surface area contributed by atoms with E-state index in [2.05, 4.69) is 5.32 Å². The summed E-state index contributed by atoms with van der Waals surface area (Å²) in [4.78, 5) is 50.1. The number of fused-ring (bicyclic) bond motifs is 1. The molecule has 0 spiro atoms. The molecule has 4 amide bonds. The van der Waals surface area contributed by atoms with Gasteiger partial charge in [-0.05, 0) is 42.7 Å². The molecule has 2 heterocycles. The Bertz CT molecular complexity index is 1220. The maximum absolute atomic E-state index is 12.9. The molecule has 2 aliphatic rings. The topological polar surface area (TPSA) is 118 Å². The van der Waals surface area contributed by atoms with Crippen LogP contribution < -0.4 is 5.32 Å². The first-order valence-electron chi connectivity index (χ1n) is 9.32. The van der Waals surface area contributed by atoms with E-state index in [4.69, 9.17) is 0 Å². The molecule has 0 saturated carbocycles. The van der Waals surface area contributed by atoms with Gasteiger partial charge in [0, 0.05) is 6.42 Å². The maximum Gasteiger partial charge on any atom is 0.262 e. The molecular weight excluding hydrogens is 408 g/mol. The van der Waals surface area contributed by atoms with Crippen LogP contribution in [0.4, 0.5) is 0 Å². The van der Waals surface area contributed by atoms with E-state index in [1.807, 2.05) is 0 Å². The third-order valence-corrected chi connectivity index (χ3v) is 7.13. The van der Waals surface area contributed by atoms with Crippen LogP contribution in [0.3, 0.4) is 0 Å². The van der Waals surface area contributed by atoms with Crippen molar-refractivity contribution < 1.29 is 27.6 Å². The smallest absolute Gasteiger partial charge is 0.262 e. The standard InChI is InChI=1S/C21H18N2O6S/c1-12-4-2-3-5-17(12)30(28,29)11-13-6-7-14-15(10-13)21(27)23(20(14)26)16-8-9-18(24)22-19(16)25/h2-7,10,16H,8-9,11H2,1H3,(H,22,24,25). The minimum absolute atomic E-state index is 0.0315. The van der Waals surface area contributed by atoms with E-state index < -0.39 is 39.5 Å². The van der Waals surface area contributed by atoms with Crippen molar-refractivity contribution in [2.45, 2.75) is 36.5 Å². The van der Waals surface area contributed by atoms with Crippen molar-refractivity contribution in [3.8, 4) is 0 Å². The third kappa shape index (κ3) is 3.30. The second-order valence-corrected chi connectivity index (χ2v) is 9.31. The molecule has 0 aromatic heterocycles. The van der Waals surface area contributed by atoms with Crippen molar-refractivity contribution in [3.63, 3.8) is 0 Å². The number of carbonyl (C=O) groups excluding carboxylic acids is 4. The van der Waals surface area contributed by atoms with Gasteiger partial charge in [-0.2, -0.15) is 0 Å². The molecule has 1 atom stereocenters. The fourth-order valence-electron chi connectivity index (χ4n) is 3.81. The van der Waals surface area contributed by atoms with E-state index in [1.54, 1.807) is 25.1 Å². The minimum atomic E-state index is -3.65. The molecule has 0 bridgehead atoms. The third-order valence-electron chi connectivity index (χ3n) is 5.29. The lowest BCUT2D eigenvalue weighted by atomic mass is 10.0. The summed E-state index contributed by atoms with van der Waals surface area (Å²) in [6.07, 6.45) is 0.0917. The van der Waals surface area contributed by atoms with Crippen molar-refractivity contribution in [1.82, 2.24) is 10.2 Å². The number of carbonyl (C=O) groups is 4. The van der Waals surface area contributed by atoms with Gasteiger partial charge in [0.25, 0.3) is 11.8 Å². The van der Waals surface area contributed by atoms with Crippen LogP contribution in [0.25, 0.3) is 0 Å². The molecule has 9 heteroatoms. The van der Waals surface area contributed by atoms with E-state index in [9.17, 15) is 27.6 Å². The zero-order chi connectivity index (χ0) is 21.6. The number of imide groups is 2. The summed E-state index contributed by atoms with van der Waals surface area (Å²) in [5.74, 6) is -2.76. The van der Waals surface area contributed by atoms with Crippen molar-refractivity contribution in [2.75, 3.05) is 0 Å². The van der Waals surface area contributed by atoms with Gasteiger partial charge in [0.15, 0.2) is 9.84 Å². The largest absolute Gasteiger partial charge is 0.295 e. The average Bonchev–Trinajstić information content (AvgIpc) is 2.92. The van der Waals surface area contributed by atoms with Gasteiger partial charge in [-0.25, -0.2) is 8.42 Å². The molecule has 0 radical (unpaired) electrons. The van der Waals surface area contributed by atoms with Crippen LogP contribution in [0, 0.1) is 6.92 Å². The lowest BCUT2D eigenvalue weighted by Crippen LogP contribution is -2.54. The van der Waals surface area contributed by atoms with E-state index in [1.165, 1.54) is 24.3 Å². The fraction of sp³-hybridized carbons (Fsp3) is 0.238. The van der Waals surface area contributed by atoms with E-state index in [0.29, 0.717) is 11.1 Å². The average molecular weight is 426 g/mol. The number of nitrogens with zero attached hydrogens (tertiary/aromatic N) is 1. The van der Waals surface area contributed by atoms with Crippen LogP contribution in [0.1, 0.15) is 44.7 Å². The Labute approximate surface area is 172 Å². The van der Waals surface area contributed by atoms with Gasteiger partial charge in [0.05, 0.1) is 21.8 Å². The number of rotatable bonds is 4. The second kappa shape index (κ2) is 7.17. The summed E-state index contributed by atoms with van der Waals surface area (Å²) in [5, 5.41) is 2.14. The monoisotopic (exact) mass is 426 g/mol. The summed E-state index contributed by atoms with van der Waals surface area (Å²) >= 11 is 0.